The van der Waals surface area contributed by atoms with E-state index in [-0.39, 0.29) is 11.9 Å². The molecule has 0 rings (SSSR count). The molecule has 0 spiro atoms. The van der Waals surface area contributed by atoms with Gasteiger partial charge in [-0.15, -0.1) is 0 Å². The molecule has 3 heteroatoms. The highest BCUT2D eigenvalue weighted by Gasteiger charge is 2.32. The van der Waals surface area contributed by atoms with Crippen LogP contribution in [-0.4, -0.2) is 17.5 Å². The summed E-state index contributed by atoms with van der Waals surface area (Å²) in [5.74, 6) is -0.249. The van der Waals surface area contributed by atoms with Gasteiger partial charge >= 0.3 is 0 Å². The second-order valence-electron chi connectivity index (χ2n) is 3.45. The molecule has 3 N–H and O–H groups in total. The smallest absolute Gasteiger partial charge is 0.237 e. The number of carbonyl (C=O) groups excluding carboxylic acids is 1. The summed E-state index contributed by atoms with van der Waals surface area (Å²) in [5.41, 5.74) is 4.83. The molecule has 1 amide bonds. The molecule has 72 valence electrons. The molecule has 0 aromatic rings. The molecule has 3 nitrogen and oxygen atoms in total. The largest absolute Gasteiger partial charge is 0.368 e. The summed E-state index contributed by atoms with van der Waals surface area (Å²) in [6.45, 7) is 7.99. The van der Waals surface area contributed by atoms with Crippen molar-refractivity contribution >= 4 is 5.91 Å². The van der Waals surface area contributed by atoms with Crippen LogP contribution in [0.2, 0.25) is 0 Å². The van der Waals surface area contributed by atoms with Gasteiger partial charge in [-0.25, -0.2) is 0 Å². The Morgan fingerprint density at radius 1 is 1.42 bits per heavy atom. The molecule has 0 bridgehead atoms. The average Bonchev–Trinajstić information content (AvgIpc) is 1.99. The van der Waals surface area contributed by atoms with Crippen molar-refractivity contribution in [2.24, 2.45) is 5.73 Å². The number of primary amides is 1. The minimum Gasteiger partial charge on any atom is -0.368 e. The lowest BCUT2D eigenvalue weighted by Crippen LogP contribution is -2.56. The van der Waals surface area contributed by atoms with Gasteiger partial charge in [0.2, 0.25) is 5.91 Å². The fraction of sp³-hybridized carbons (Fsp3) is 0.889. The third-order valence-electron chi connectivity index (χ3n) is 2.24. The Labute approximate surface area is 74.7 Å². The Morgan fingerprint density at radius 3 is 1.92 bits per heavy atom. The number of rotatable bonds is 5. The molecule has 0 atom stereocenters. The molecule has 0 aliphatic heterocycles. The normalized spacial score (nSPS) is 12.1. The van der Waals surface area contributed by atoms with Gasteiger partial charge < -0.3 is 11.1 Å². The Hall–Kier alpha value is -0.570. The summed E-state index contributed by atoms with van der Waals surface area (Å²) >= 11 is 0. The van der Waals surface area contributed by atoms with E-state index in [2.05, 4.69) is 5.32 Å². The van der Waals surface area contributed by atoms with Crippen LogP contribution >= 0.6 is 0 Å². The summed E-state index contributed by atoms with van der Waals surface area (Å²) in [6.07, 6.45) is 1.49. The summed E-state index contributed by atoms with van der Waals surface area (Å²) in [4.78, 5) is 11.2. The van der Waals surface area contributed by atoms with Crippen molar-refractivity contribution in [1.29, 1.82) is 0 Å². The first kappa shape index (κ1) is 11.4. The third-order valence-corrected chi connectivity index (χ3v) is 2.24. The van der Waals surface area contributed by atoms with Crippen LogP contribution in [0.5, 0.6) is 0 Å². The predicted molar refractivity (Wildman–Crippen MR) is 50.8 cm³/mol. The second-order valence-corrected chi connectivity index (χ2v) is 3.45. The monoisotopic (exact) mass is 172 g/mol. The molecule has 0 fully saturated rings. The van der Waals surface area contributed by atoms with E-state index in [0.29, 0.717) is 0 Å². The molecule has 0 heterocycles. The van der Waals surface area contributed by atoms with Crippen molar-refractivity contribution in [3.05, 3.63) is 0 Å². The quantitative estimate of drug-likeness (QED) is 0.650. The molecule has 0 unspecified atom stereocenters. The van der Waals surface area contributed by atoms with Gasteiger partial charge in [-0.05, 0) is 26.7 Å². The zero-order valence-corrected chi connectivity index (χ0v) is 8.48. The fourth-order valence-electron chi connectivity index (χ4n) is 1.43. The first-order chi connectivity index (χ1) is 5.48. The lowest BCUT2D eigenvalue weighted by Gasteiger charge is -2.31. The maximum absolute atomic E-state index is 11.2. The van der Waals surface area contributed by atoms with Crippen LogP contribution in [0, 0.1) is 0 Å². The molecule has 0 aliphatic carbocycles. The zero-order chi connectivity index (χ0) is 9.78. The van der Waals surface area contributed by atoms with Crippen LogP contribution in [-0.2, 0) is 4.79 Å². The Bertz CT molecular complexity index is 151. The van der Waals surface area contributed by atoms with E-state index in [1.165, 1.54) is 0 Å². The first-order valence-corrected chi connectivity index (χ1v) is 4.56. The van der Waals surface area contributed by atoms with E-state index in [9.17, 15) is 4.79 Å². The zero-order valence-electron chi connectivity index (χ0n) is 8.48. The maximum Gasteiger partial charge on any atom is 0.237 e. The molecule has 0 radical (unpaired) electrons. The van der Waals surface area contributed by atoms with Gasteiger partial charge in [0, 0.05) is 6.04 Å². The number of carbonyl (C=O) groups is 1. The molecule has 0 aliphatic rings. The SMILES string of the molecule is CCC(CC)(NC(C)C)C(N)=O. The lowest BCUT2D eigenvalue weighted by atomic mass is 9.91. The van der Waals surface area contributed by atoms with Crippen molar-refractivity contribution in [1.82, 2.24) is 5.32 Å². The van der Waals surface area contributed by atoms with E-state index in [4.69, 9.17) is 5.73 Å². The molecule has 0 saturated heterocycles. The molecule has 0 saturated carbocycles. The second kappa shape index (κ2) is 4.45. The van der Waals surface area contributed by atoms with Crippen LogP contribution < -0.4 is 11.1 Å². The highest BCUT2D eigenvalue weighted by molar-refractivity contribution is 5.84. The van der Waals surface area contributed by atoms with Crippen molar-refractivity contribution in [3.8, 4) is 0 Å². The van der Waals surface area contributed by atoms with Gasteiger partial charge in [0.25, 0.3) is 0 Å². The van der Waals surface area contributed by atoms with Gasteiger partial charge in [-0.3, -0.25) is 4.79 Å². The molecule has 0 aromatic carbocycles. The van der Waals surface area contributed by atoms with Gasteiger partial charge in [-0.1, -0.05) is 13.8 Å². The van der Waals surface area contributed by atoms with Crippen LogP contribution in [0.1, 0.15) is 40.5 Å². The summed E-state index contributed by atoms with van der Waals surface area (Å²) in [6, 6.07) is 0.289. The van der Waals surface area contributed by atoms with E-state index >= 15 is 0 Å². The maximum atomic E-state index is 11.2. The Balaban J connectivity index is 4.46. The highest BCUT2D eigenvalue weighted by atomic mass is 16.1. The summed E-state index contributed by atoms with van der Waals surface area (Å²) in [5, 5.41) is 3.22. The first-order valence-electron chi connectivity index (χ1n) is 4.56. The van der Waals surface area contributed by atoms with Crippen LogP contribution in [0.4, 0.5) is 0 Å². The number of hydrogen-bond acceptors (Lipinski definition) is 2. The van der Waals surface area contributed by atoms with Crippen LogP contribution in [0.25, 0.3) is 0 Å². The standard InChI is InChI=1S/C9H20N2O/c1-5-9(6-2,8(10)12)11-7(3)4/h7,11H,5-6H2,1-4H3,(H2,10,12). The Morgan fingerprint density at radius 2 is 1.83 bits per heavy atom. The molecular weight excluding hydrogens is 152 g/mol. The van der Waals surface area contributed by atoms with Gasteiger partial charge in [-0.2, -0.15) is 0 Å². The number of hydrogen-bond donors (Lipinski definition) is 2. The van der Waals surface area contributed by atoms with Gasteiger partial charge in [0.1, 0.15) is 0 Å². The van der Waals surface area contributed by atoms with Crippen molar-refractivity contribution < 1.29 is 4.79 Å². The topological polar surface area (TPSA) is 55.1 Å². The molecular formula is C9H20N2O. The number of amides is 1. The number of nitrogens with one attached hydrogen (secondary N) is 1. The summed E-state index contributed by atoms with van der Waals surface area (Å²) in [7, 11) is 0. The number of nitrogens with two attached hydrogens (primary N) is 1. The van der Waals surface area contributed by atoms with E-state index < -0.39 is 5.54 Å². The van der Waals surface area contributed by atoms with E-state index in [1.807, 2.05) is 27.7 Å². The highest BCUT2D eigenvalue weighted by Crippen LogP contribution is 2.15. The third kappa shape index (κ3) is 2.48. The van der Waals surface area contributed by atoms with Crippen LogP contribution in [0.3, 0.4) is 0 Å². The van der Waals surface area contributed by atoms with E-state index in [0.717, 1.165) is 12.8 Å². The Kier molecular flexibility index (Phi) is 4.24. The summed E-state index contributed by atoms with van der Waals surface area (Å²) < 4.78 is 0. The van der Waals surface area contributed by atoms with E-state index in [1.54, 1.807) is 0 Å². The van der Waals surface area contributed by atoms with Crippen molar-refractivity contribution in [3.63, 3.8) is 0 Å². The van der Waals surface area contributed by atoms with Crippen molar-refractivity contribution in [2.45, 2.75) is 52.1 Å². The van der Waals surface area contributed by atoms with Gasteiger partial charge in [0.15, 0.2) is 0 Å². The minimum atomic E-state index is -0.506. The molecule has 12 heavy (non-hydrogen) atoms. The minimum absolute atomic E-state index is 0.249. The van der Waals surface area contributed by atoms with Crippen LogP contribution in [0.15, 0.2) is 0 Å². The van der Waals surface area contributed by atoms with Gasteiger partial charge in [0.05, 0.1) is 5.54 Å². The fourth-order valence-corrected chi connectivity index (χ4v) is 1.43. The van der Waals surface area contributed by atoms with Crippen molar-refractivity contribution in [2.75, 3.05) is 0 Å². The molecule has 0 aromatic heterocycles. The lowest BCUT2D eigenvalue weighted by molar-refractivity contribution is -0.125. The predicted octanol–water partition coefficient (Wildman–Crippen LogP) is 1.03. The average molecular weight is 172 g/mol.